The number of hydrogen-bond donors (Lipinski definition) is 1. The van der Waals surface area contributed by atoms with Crippen LogP contribution in [0.2, 0.25) is 5.02 Å². The summed E-state index contributed by atoms with van der Waals surface area (Å²) >= 11 is 7.82. The summed E-state index contributed by atoms with van der Waals surface area (Å²) in [5, 5.41) is 19.1. The Morgan fingerprint density at radius 2 is 1.79 bits per heavy atom. The van der Waals surface area contributed by atoms with Crippen molar-refractivity contribution in [2.75, 3.05) is 14.2 Å². The van der Waals surface area contributed by atoms with Crippen molar-refractivity contribution < 1.29 is 23.8 Å². The molecule has 1 aliphatic carbocycles. The lowest BCUT2D eigenvalue weighted by atomic mass is 9.88. The second kappa shape index (κ2) is 12.4. The Kier molecular flexibility index (Phi) is 8.66. The molecule has 7 nitrogen and oxygen atoms in total. The summed E-state index contributed by atoms with van der Waals surface area (Å²) in [6.45, 7) is 0.225. The van der Waals surface area contributed by atoms with E-state index in [0.717, 1.165) is 16.7 Å². The number of halogens is 2. The molecule has 1 aromatic heterocycles. The van der Waals surface area contributed by atoms with Crippen LogP contribution in [0, 0.1) is 17.1 Å². The zero-order chi connectivity index (χ0) is 30.0. The smallest absolute Gasteiger partial charge is 0.407 e. The Hall–Kier alpha value is -4.13. The Bertz CT molecular complexity index is 1680. The topological polar surface area (TPSA) is 93.9 Å². The number of methoxy groups -OCH3 is 1. The SMILES string of the molecule is COc1ccc(-c2ccc(C#N)cc2)c(CN(C(=O)c2sc3cccc(F)c3c2Cl)C2CCC(N(C)C(=O)O)CC2)c1. The van der Waals surface area contributed by atoms with Gasteiger partial charge in [0.05, 0.1) is 23.8 Å². The van der Waals surface area contributed by atoms with E-state index in [2.05, 4.69) is 6.07 Å². The predicted molar refractivity (Wildman–Crippen MR) is 162 cm³/mol. The van der Waals surface area contributed by atoms with Gasteiger partial charge in [0.1, 0.15) is 16.4 Å². The van der Waals surface area contributed by atoms with Gasteiger partial charge in [0.25, 0.3) is 5.91 Å². The number of carboxylic acid groups (broad SMARTS) is 1. The minimum atomic E-state index is -0.978. The lowest BCUT2D eigenvalue weighted by Gasteiger charge is -2.39. The van der Waals surface area contributed by atoms with E-state index in [-0.39, 0.29) is 39.8 Å². The number of rotatable bonds is 7. The summed E-state index contributed by atoms with van der Waals surface area (Å²) in [4.78, 5) is 29.3. The van der Waals surface area contributed by atoms with E-state index in [1.54, 1.807) is 43.3 Å². The molecule has 42 heavy (non-hydrogen) atoms. The maximum Gasteiger partial charge on any atom is 0.407 e. The first-order chi connectivity index (χ1) is 20.2. The summed E-state index contributed by atoms with van der Waals surface area (Å²) in [5.74, 6) is -0.153. The third kappa shape index (κ3) is 5.78. The van der Waals surface area contributed by atoms with Crippen molar-refractivity contribution in [1.82, 2.24) is 9.80 Å². The van der Waals surface area contributed by atoms with Gasteiger partial charge in [-0.1, -0.05) is 35.9 Å². The van der Waals surface area contributed by atoms with Gasteiger partial charge in [-0.05, 0) is 78.8 Å². The average Bonchev–Trinajstić information content (AvgIpc) is 3.36. The van der Waals surface area contributed by atoms with Crippen LogP contribution < -0.4 is 4.74 Å². The van der Waals surface area contributed by atoms with E-state index in [1.165, 1.54) is 22.3 Å². The Labute approximate surface area is 252 Å². The molecule has 0 aliphatic heterocycles. The quantitative estimate of drug-likeness (QED) is 0.232. The van der Waals surface area contributed by atoms with Crippen molar-refractivity contribution in [1.29, 1.82) is 5.26 Å². The first-order valence-electron chi connectivity index (χ1n) is 13.5. The van der Waals surface area contributed by atoms with E-state index in [9.17, 15) is 24.3 Å². The van der Waals surface area contributed by atoms with Crippen LogP contribution in [0.5, 0.6) is 5.75 Å². The third-order valence-corrected chi connectivity index (χ3v) is 9.63. The van der Waals surface area contributed by atoms with Crippen molar-refractivity contribution in [3.05, 3.63) is 87.5 Å². The van der Waals surface area contributed by atoms with E-state index >= 15 is 0 Å². The zero-order valence-electron chi connectivity index (χ0n) is 23.1. The molecule has 2 amide bonds. The second-order valence-corrected chi connectivity index (χ2v) is 11.8. The summed E-state index contributed by atoms with van der Waals surface area (Å²) in [5.41, 5.74) is 3.14. The highest BCUT2D eigenvalue weighted by atomic mass is 35.5. The molecule has 1 aliphatic rings. The number of benzene rings is 3. The maximum absolute atomic E-state index is 14.7. The van der Waals surface area contributed by atoms with Crippen LogP contribution >= 0.6 is 22.9 Å². The number of ether oxygens (including phenoxy) is 1. The van der Waals surface area contributed by atoms with Crippen LogP contribution in [0.25, 0.3) is 21.2 Å². The highest BCUT2D eigenvalue weighted by Gasteiger charge is 2.34. The van der Waals surface area contributed by atoms with Gasteiger partial charge in [-0.25, -0.2) is 9.18 Å². The van der Waals surface area contributed by atoms with Crippen molar-refractivity contribution >= 4 is 45.0 Å². The molecule has 0 spiro atoms. The number of thiophene rings is 1. The van der Waals surface area contributed by atoms with Crippen LogP contribution in [0.1, 0.15) is 46.5 Å². The molecule has 0 unspecified atom stereocenters. The number of carbonyl (C=O) groups excluding carboxylic acids is 1. The van der Waals surface area contributed by atoms with E-state index in [0.29, 0.717) is 41.7 Å². The van der Waals surface area contributed by atoms with Gasteiger partial charge >= 0.3 is 6.09 Å². The van der Waals surface area contributed by atoms with Crippen LogP contribution in [0.15, 0.2) is 60.7 Å². The van der Waals surface area contributed by atoms with Crippen LogP contribution in [0.3, 0.4) is 0 Å². The minimum absolute atomic E-state index is 0.0976. The molecule has 0 bridgehead atoms. The highest BCUT2D eigenvalue weighted by molar-refractivity contribution is 7.21. The standard InChI is InChI=1S/C32H29ClFN3O4S/c1-36(32(39)40)22-10-12-23(13-11-22)37(31(38)30-29(33)28-26(34)4-3-5-27(28)42-30)18-21-16-24(41-2)14-15-25(21)20-8-6-19(17-35)7-9-20/h3-9,14-16,22-23H,10-13,18H2,1-2H3,(H,39,40). The lowest BCUT2D eigenvalue weighted by Crippen LogP contribution is -2.46. The van der Waals surface area contributed by atoms with Crippen molar-refractivity contribution in [2.45, 2.75) is 44.3 Å². The Morgan fingerprint density at radius 3 is 2.40 bits per heavy atom. The zero-order valence-corrected chi connectivity index (χ0v) is 24.7. The molecule has 1 N–H and O–H groups in total. The molecule has 1 saturated carbocycles. The van der Waals surface area contributed by atoms with Crippen LogP contribution in [0.4, 0.5) is 9.18 Å². The second-order valence-electron chi connectivity index (χ2n) is 10.4. The molecule has 4 aromatic rings. The monoisotopic (exact) mass is 605 g/mol. The minimum Gasteiger partial charge on any atom is -0.497 e. The molecule has 5 rings (SSSR count). The first-order valence-corrected chi connectivity index (χ1v) is 14.7. The first kappa shape index (κ1) is 29.4. The molecule has 3 aromatic carbocycles. The summed E-state index contributed by atoms with van der Waals surface area (Å²) in [6.07, 6.45) is 1.43. The van der Waals surface area contributed by atoms with Gasteiger partial charge in [0.15, 0.2) is 0 Å². The molecular formula is C32H29ClFN3O4S. The van der Waals surface area contributed by atoms with Crippen molar-refractivity contribution in [3.63, 3.8) is 0 Å². The number of carbonyl (C=O) groups is 2. The van der Waals surface area contributed by atoms with Crippen molar-refractivity contribution in [2.24, 2.45) is 0 Å². The number of nitrogens with zero attached hydrogens (tertiary/aromatic N) is 3. The molecular weight excluding hydrogens is 577 g/mol. The summed E-state index contributed by atoms with van der Waals surface area (Å²) in [7, 11) is 3.15. The molecule has 0 radical (unpaired) electrons. The van der Waals surface area contributed by atoms with Crippen LogP contribution in [-0.2, 0) is 6.54 Å². The summed E-state index contributed by atoms with van der Waals surface area (Å²) < 4.78 is 20.8. The fraction of sp³-hybridized carbons (Fsp3) is 0.281. The molecule has 1 heterocycles. The van der Waals surface area contributed by atoms with Crippen molar-refractivity contribution in [3.8, 4) is 22.9 Å². The normalized spacial score (nSPS) is 16.5. The summed E-state index contributed by atoms with van der Waals surface area (Å²) in [6, 6.07) is 19.4. The molecule has 0 atom stereocenters. The number of amides is 2. The number of fused-ring (bicyclic) bond motifs is 1. The van der Waals surface area contributed by atoms with Gasteiger partial charge in [0.2, 0.25) is 0 Å². The predicted octanol–water partition coefficient (Wildman–Crippen LogP) is 7.80. The van der Waals surface area contributed by atoms with Crippen LogP contribution in [-0.4, -0.2) is 53.1 Å². The Balaban J connectivity index is 1.55. The fourth-order valence-electron chi connectivity index (χ4n) is 5.64. The average molecular weight is 606 g/mol. The largest absolute Gasteiger partial charge is 0.497 e. The molecule has 216 valence electrons. The highest BCUT2D eigenvalue weighted by Crippen LogP contribution is 2.40. The van der Waals surface area contributed by atoms with Gasteiger partial charge in [-0.15, -0.1) is 11.3 Å². The number of nitriles is 1. The third-order valence-electron chi connectivity index (χ3n) is 8.00. The molecule has 0 saturated heterocycles. The van der Waals surface area contributed by atoms with E-state index in [4.69, 9.17) is 16.3 Å². The fourth-order valence-corrected chi connectivity index (χ4v) is 7.15. The molecule has 1 fully saturated rings. The lowest BCUT2D eigenvalue weighted by molar-refractivity contribution is 0.0557. The molecule has 10 heteroatoms. The van der Waals surface area contributed by atoms with E-state index < -0.39 is 11.9 Å². The van der Waals surface area contributed by atoms with Gasteiger partial charge in [-0.2, -0.15) is 5.26 Å². The van der Waals surface area contributed by atoms with Gasteiger partial charge in [-0.3, -0.25) is 4.79 Å². The number of hydrogen-bond acceptors (Lipinski definition) is 5. The Morgan fingerprint density at radius 1 is 1.10 bits per heavy atom. The van der Waals surface area contributed by atoms with Gasteiger partial charge < -0.3 is 19.6 Å². The maximum atomic E-state index is 14.7. The van der Waals surface area contributed by atoms with E-state index in [1.807, 2.05) is 30.3 Å². The van der Waals surface area contributed by atoms with Gasteiger partial charge in [0, 0.05) is 35.8 Å².